The highest BCUT2D eigenvalue weighted by Crippen LogP contribution is 2.26. The summed E-state index contributed by atoms with van der Waals surface area (Å²) in [5.41, 5.74) is 1.44. The van der Waals surface area contributed by atoms with Crippen LogP contribution in [0.5, 0.6) is 11.5 Å². The lowest BCUT2D eigenvalue weighted by molar-refractivity contribution is -0.0439. The van der Waals surface area contributed by atoms with E-state index in [9.17, 15) is 9.18 Å². The number of carbonyl (C=O) groups is 1. The zero-order valence-corrected chi connectivity index (χ0v) is 19.3. The van der Waals surface area contributed by atoms with Crippen LogP contribution >= 0.6 is 0 Å². The molecule has 6 nitrogen and oxygen atoms in total. The lowest BCUT2D eigenvalue weighted by atomic mass is 10.1. The van der Waals surface area contributed by atoms with Crippen molar-refractivity contribution in [1.82, 2.24) is 9.80 Å². The van der Waals surface area contributed by atoms with Gasteiger partial charge in [-0.2, -0.15) is 0 Å². The fourth-order valence-electron chi connectivity index (χ4n) is 3.99. The van der Waals surface area contributed by atoms with Gasteiger partial charge in [0.1, 0.15) is 17.3 Å². The van der Waals surface area contributed by atoms with Crippen molar-refractivity contribution in [2.24, 2.45) is 5.92 Å². The van der Waals surface area contributed by atoms with E-state index in [1.54, 1.807) is 31.3 Å². The number of nitrogens with zero attached hydrogens (tertiary/aromatic N) is 2. The second-order valence-corrected chi connectivity index (χ2v) is 8.52. The summed E-state index contributed by atoms with van der Waals surface area (Å²) in [5.74, 6) is 1.25. The molecule has 0 radical (unpaired) electrons. The van der Waals surface area contributed by atoms with Gasteiger partial charge in [0.25, 0.3) is 5.91 Å². The van der Waals surface area contributed by atoms with Crippen molar-refractivity contribution in [2.75, 3.05) is 47.0 Å². The fourth-order valence-corrected chi connectivity index (χ4v) is 3.99. The molecular weight excluding hydrogens is 411 g/mol. The van der Waals surface area contributed by atoms with Gasteiger partial charge >= 0.3 is 0 Å². The number of halogens is 1. The third kappa shape index (κ3) is 6.43. The molecule has 7 heteroatoms. The SMILES string of the molecule is COc1ccc(CN2CCO[C@@H](CN(CC(C)C)C(=O)c3cccc(F)c3)C2)c(OC)c1. The molecule has 3 rings (SSSR count). The molecule has 2 aromatic carbocycles. The highest BCUT2D eigenvalue weighted by molar-refractivity contribution is 5.94. The lowest BCUT2D eigenvalue weighted by Gasteiger charge is -2.36. The summed E-state index contributed by atoms with van der Waals surface area (Å²) in [7, 11) is 3.29. The van der Waals surface area contributed by atoms with Crippen molar-refractivity contribution in [3.8, 4) is 11.5 Å². The standard InChI is InChI=1S/C25H33FN2O4/c1-18(2)14-28(25(29)19-6-5-7-21(26)12-19)17-23-16-27(10-11-32-23)15-20-8-9-22(30-3)13-24(20)31-4/h5-9,12-13,18,23H,10-11,14-17H2,1-4H3/t23-/m1/s1. The lowest BCUT2D eigenvalue weighted by Crippen LogP contribution is -2.49. The van der Waals surface area contributed by atoms with Crippen molar-refractivity contribution >= 4 is 5.91 Å². The van der Waals surface area contributed by atoms with Gasteiger partial charge in [-0.3, -0.25) is 9.69 Å². The first kappa shape index (κ1) is 24.0. The maximum Gasteiger partial charge on any atom is 0.254 e. The summed E-state index contributed by atoms with van der Waals surface area (Å²) in [6.45, 7) is 7.98. The van der Waals surface area contributed by atoms with Crippen LogP contribution in [0.1, 0.15) is 29.8 Å². The maximum absolute atomic E-state index is 13.7. The first-order chi connectivity index (χ1) is 15.4. The van der Waals surface area contributed by atoms with Crippen LogP contribution < -0.4 is 9.47 Å². The Labute approximate surface area is 189 Å². The van der Waals surface area contributed by atoms with Gasteiger partial charge < -0.3 is 19.1 Å². The number of ether oxygens (including phenoxy) is 3. The number of hydrogen-bond acceptors (Lipinski definition) is 5. The largest absolute Gasteiger partial charge is 0.497 e. The normalized spacial score (nSPS) is 16.8. The summed E-state index contributed by atoms with van der Waals surface area (Å²) in [4.78, 5) is 17.2. The number of carbonyl (C=O) groups excluding carboxylic acids is 1. The number of morpholine rings is 1. The first-order valence-electron chi connectivity index (χ1n) is 11.0. The third-order valence-corrected chi connectivity index (χ3v) is 5.48. The van der Waals surface area contributed by atoms with Gasteiger partial charge in [-0.05, 0) is 30.2 Å². The molecule has 0 aromatic heterocycles. The zero-order valence-electron chi connectivity index (χ0n) is 19.3. The molecule has 0 aliphatic carbocycles. The molecule has 1 saturated heterocycles. The van der Waals surface area contributed by atoms with Gasteiger partial charge in [0, 0.05) is 49.9 Å². The average Bonchev–Trinajstić information content (AvgIpc) is 2.78. The van der Waals surface area contributed by atoms with E-state index in [1.165, 1.54) is 12.1 Å². The smallest absolute Gasteiger partial charge is 0.254 e. The van der Waals surface area contributed by atoms with Crippen molar-refractivity contribution in [1.29, 1.82) is 0 Å². The topological polar surface area (TPSA) is 51.2 Å². The summed E-state index contributed by atoms with van der Waals surface area (Å²) >= 11 is 0. The van der Waals surface area contributed by atoms with Crippen LogP contribution in [-0.2, 0) is 11.3 Å². The molecule has 0 saturated carbocycles. The monoisotopic (exact) mass is 444 g/mol. The molecule has 1 fully saturated rings. The predicted molar refractivity (Wildman–Crippen MR) is 122 cm³/mol. The van der Waals surface area contributed by atoms with E-state index in [1.807, 2.05) is 18.2 Å². The molecule has 2 aromatic rings. The summed E-state index contributed by atoms with van der Waals surface area (Å²) < 4.78 is 30.5. The van der Waals surface area contributed by atoms with Crippen molar-refractivity contribution < 1.29 is 23.4 Å². The van der Waals surface area contributed by atoms with Crippen molar-refractivity contribution in [3.05, 3.63) is 59.4 Å². The molecule has 1 atom stereocenters. The minimum atomic E-state index is -0.408. The minimum Gasteiger partial charge on any atom is -0.497 e. The Morgan fingerprint density at radius 1 is 1.22 bits per heavy atom. The number of rotatable bonds is 9. The summed E-state index contributed by atoms with van der Waals surface area (Å²) in [6, 6.07) is 11.7. The quantitative estimate of drug-likeness (QED) is 0.588. The van der Waals surface area contributed by atoms with Crippen LogP contribution in [0.3, 0.4) is 0 Å². The van der Waals surface area contributed by atoms with E-state index in [0.29, 0.717) is 31.8 Å². The number of amides is 1. The highest BCUT2D eigenvalue weighted by Gasteiger charge is 2.27. The Balaban J connectivity index is 1.68. The Hall–Kier alpha value is -2.64. The van der Waals surface area contributed by atoms with Gasteiger partial charge in [0.15, 0.2) is 0 Å². The number of methoxy groups -OCH3 is 2. The Morgan fingerprint density at radius 2 is 2.03 bits per heavy atom. The van der Waals surface area contributed by atoms with Crippen LogP contribution in [0.25, 0.3) is 0 Å². The third-order valence-electron chi connectivity index (χ3n) is 5.48. The van der Waals surface area contributed by atoms with E-state index in [2.05, 4.69) is 18.7 Å². The second-order valence-electron chi connectivity index (χ2n) is 8.52. The van der Waals surface area contributed by atoms with E-state index >= 15 is 0 Å². The number of hydrogen-bond donors (Lipinski definition) is 0. The Morgan fingerprint density at radius 3 is 2.72 bits per heavy atom. The second kappa shape index (κ2) is 11.3. The van der Waals surface area contributed by atoms with Crippen molar-refractivity contribution in [2.45, 2.75) is 26.5 Å². The van der Waals surface area contributed by atoms with Gasteiger partial charge in [-0.25, -0.2) is 4.39 Å². The van der Waals surface area contributed by atoms with Gasteiger partial charge in [0.05, 0.1) is 26.9 Å². The molecule has 174 valence electrons. The van der Waals surface area contributed by atoms with Crippen LogP contribution in [0.15, 0.2) is 42.5 Å². The van der Waals surface area contributed by atoms with Crippen LogP contribution in [0.4, 0.5) is 4.39 Å². The van der Waals surface area contributed by atoms with E-state index in [0.717, 1.165) is 30.2 Å². The Kier molecular flexibility index (Phi) is 8.47. The molecule has 0 bridgehead atoms. The van der Waals surface area contributed by atoms with Crippen LogP contribution in [0.2, 0.25) is 0 Å². The molecule has 0 spiro atoms. The summed E-state index contributed by atoms with van der Waals surface area (Å²) in [6.07, 6.45) is -0.121. The van der Waals surface area contributed by atoms with Gasteiger partial charge in [0.2, 0.25) is 0 Å². The molecular formula is C25H33FN2O4. The molecule has 1 heterocycles. The summed E-state index contributed by atoms with van der Waals surface area (Å²) in [5, 5.41) is 0. The van der Waals surface area contributed by atoms with Crippen LogP contribution in [-0.4, -0.2) is 68.8 Å². The fraction of sp³-hybridized carbons (Fsp3) is 0.480. The molecule has 1 amide bonds. The molecule has 1 aliphatic rings. The highest BCUT2D eigenvalue weighted by atomic mass is 19.1. The zero-order chi connectivity index (χ0) is 23.1. The molecule has 32 heavy (non-hydrogen) atoms. The minimum absolute atomic E-state index is 0.121. The maximum atomic E-state index is 13.7. The van der Waals surface area contributed by atoms with E-state index in [4.69, 9.17) is 14.2 Å². The van der Waals surface area contributed by atoms with Gasteiger partial charge in [-0.15, -0.1) is 0 Å². The molecule has 0 N–H and O–H groups in total. The Bertz CT molecular complexity index is 905. The van der Waals surface area contributed by atoms with Gasteiger partial charge in [-0.1, -0.05) is 26.0 Å². The first-order valence-corrected chi connectivity index (χ1v) is 11.0. The number of benzene rings is 2. The van der Waals surface area contributed by atoms with Crippen molar-refractivity contribution in [3.63, 3.8) is 0 Å². The molecule has 1 aliphatic heterocycles. The van der Waals surface area contributed by atoms with E-state index < -0.39 is 5.82 Å². The average molecular weight is 445 g/mol. The molecule has 0 unspecified atom stereocenters. The van der Waals surface area contributed by atoms with E-state index in [-0.39, 0.29) is 17.9 Å². The predicted octanol–water partition coefficient (Wildman–Crippen LogP) is 3.84. The van der Waals surface area contributed by atoms with Crippen LogP contribution in [0, 0.1) is 11.7 Å².